The molecule has 2 rings (SSSR count). The monoisotopic (exact) mass is 328 g/mol. The molecule has 0 spiro atoms. The maximum absolute atomic E-state index is 11.6. The summed E-state index contributed by atoms with van der Waals surface area (Å²) in [5.74, 6) is 0.571. The second-order valence-corrected chi connectivity index (χ2v) is 7.85. The summed E-state index contributed by atoms with van der Waals surface area (Å²) in [5, 5.41) is 12.5. The number of halogens is 1. The summed E-state index contributed by atoms with van der Waals surface area (Å²) in [6.45, 7) is 1.59. The molecular formula is C14H17ClN2O3S. The van der Waals surface area contributed by atoms with Crippen LogP contribution in [0.1, 0.15) is 12.0 Å². The molecule has 0 aromatic heterocycles. The van der Waals surface area contributed by atoms with E-state index in [2.05, 4.69) is 5.32 Å². The molecule has 114 valence electrons. The molecule has 2 atom stereocenters. The van der Waals surface area contributed by atoms with E-state index in [9.17, 15) is 8.42 Å². The highest BCUT2D eigenvalue weighted by molar-refractivity contribution is 7.90. The smallest absolute Gasteiger partial charge is 0.151 e. The highest BCUT2D eigenvalue weighted by Gasteiger charge is 2.29. The van der Waals surface area contributed by atoms with Gasteiger partial charge in [-0.1, -0.05) is 11.6 Å². The van der Waals surface area contributed by atoms with Gasteiger partial charge in [0.05, 0.1) is 16.3 Å². The predicted molar refractivity (Wildman–Crippen MR) is 81.3 cm³/mol. The lowest BCUT2D eigenvalue weighted by molar-refractivity contribution is 0.163. The van der Waals surface area contributed by atoms with Crippen LogP contribution >= 0.6 is 11.6 Å². The molecule has 0 radical (unpaired) electrons. The quantitative estimate of drug-likeness (QED) is 0.888. The molecule has 1 fully saturated rings. The van der Waals surface area contributed by atoms with Crippen LogP contribution in [0, 0.1) is 17.2 Å². The van der Waals surface area contributed by atoms with E-state index in [0.717, 1.165) is 19.5 Å². The molecule has 2 unspecified atom stereocenters. The van der Waals surface area contributed by atoms with Gasteiger partial charge in [0.2, 0.25) is 0 Å². The van der Waals surface area contributed by atoms with E-state index in [1.165, 1.54) is 6.26 Å². The van der Waals surface area contributed by atoms with E-state index >= 15 is 0 Å². The summed E-state index contributed by atoms with van der Waals surface area (Å²) in [5.41, 5.74) is 0.316. The Kier molecular flexibility index (Phi) is 5.09. The zero-order valence-corrected chi connectivity index (χ0v) is 13.2. The fraction of sp³-hybridized carbons (Fsp3) is 0.500. The standard InChI is InChI=1S/C14H17ClN2O3S/c1-21(18,19)9-14(10-4-5-17-8-10)20-12-2-3-13(15)11(6-12)7-16/h2-3,6,10,14,17H,4-5,8-9H2,1H3. The van der Waals surface area contributed by atoms with Gasteiger partial charge in [-0.05, 0) is 31.2 Å². The molecule has 1 aliphatic heterocycles. The Morgan fingerprint density at radius 1 is 1.57 bits per heavy atom. The third-order valence-corrected chi connectivity index (χ3v) is 4.70. The Hall–Kier alpha value is -1.29. The fourth-order valence-corrected chi connectivity index (χ4v) is 3.49. The molecule has 21 heavy (non-hydrogen) atoms. The van der Waals surface area contributed by atoms with Crippen LogP contribution < -0.4 is 10.1 Å². The van der Waals surface area contributed by atoms with Crippen molar-refractivity contribution in [3.05, 3.63) is 28.8 Å². The first-order valence-electron chi connectivity index (χ1n) is 6.64. The third kappa shape index (κ3) is 4.60. The molecular weight excluding hydrogens is 312 g/mol. The van der Waals surface area contributed by atoms with E-state index in [0.29, 0.717) is 16.3 Å². The summed E-state index contributed by atoms with van der Waals surface area (Å²) in [6.07, 6.45) is 1.65. The largest absolute Gasteiger partial charge is 0.489 e. The minimum absolute atomic E-state index is 0.0378. The number of sulfone groups is 1. The van der Waals surface area contributed by atoms with Gasteiger partial charge >= 0.3 is 0 Å². The second kappa shape index (κ2) is 6.65. The molecule has 5 nitrogen and oxygen atoms in total. The van der Waals surface area contributed by atoms with Crippen molar-refractivity contribution < 1.29 is 13.2 Å². The lowest BCUT2D eigenvalue weighted by atomic mass is 10.0. The summed E-state index contributed by atoms with van der Waals surface area (Å²) >= 11 is 5.88. The number of benzene rings is 1. The minimum Gasteiger partial charge on any atom is -0.489 e. The molecule has 0 bridgehead atoms. The average Bonchev–Trinajstić information content (AvgIpc) is 2.92. The predicted octanol–water partition coefficient (Wildman–Crippen LogP) is 1.61. The molecule has 1 aliphatic rings. The molecule has 1 aromatic carbocycles. The molecule has 0 amide bonds. The van der Waals surface area contributed by atoms with Crippen molar-refractivity contribution in [1.29, 1.82) is 5.26 Å². The fourth-order valence-electron chi connectivity index (χ4n) is 2.40. The number of hydrogen-bond donors (Lipinski definition) is 1. The van der Waals surface area contributed by atoms with Crippen LogP contribution in [0.15, 0.2) is 18.2 Å². The maximum Gasteiger partial charge on any atom is 0.151 e. The maximum atomic E-state index is 11.6. The van der Waals surface area contributed by atoms with Gasteiger partial charge in [-0.25, -0.2) is 8.42 Å². The van der Waals surface area contributed by atoms with E-state index in [1.807, 2.05) is 6.07 Å². The first kappa shape index (κ1) is 16.1. The zero-order chi connectivity index (χ0) is 15.5. The van der Waals surface area contributed by atoms with Crippen LogP contribution in [-0.2, 0) is 9.84 Å². The van der Waals surface area contributed by atoms with Crippen LogP contribution in [0.2, 0.25) is 5.02 Å². The van der Waals surface area contributed by atoms with Crippen molar-refractivity contribution in [3.63, 3.8) is 0 Å². The van der Waals surface area contributed by atoms with Crippen LogP contribution in [0.3, 0.4) is 0 Å². The number of nitriles is 1. The molecule has 1 aromatic rings. The first-order chi connectivity index (χ1) is 9.89. The molecule has 1 saturated heterocycles. The van der Waals surface area contributed by atoms with Crippen LogP contribution in [0.25, 0.3) is 0 Å². The molecule has 1 heterocycles. The SMILES string of the molecule is CS(=O)(=O)CC(Oc1ccc(Cl)c(C#N)c1)C1CCNC1. The van der Waals surface area contributed by atoms with Gasteiger partial charge in [-0.3, -0.25) is 0 Å². The van der Waals surface area contributed by atoms with E-state index in [-0.39, 0.29) is 11.7 Å². The number of nitrogens with one attached hydrogen (secondary N) is 1. The first-order valence-corrected chi connectivity index (χ1v) is 9.07. The highest BCUT2D eigenvalue weighted by Crippen LogP contribution is 2.25. The Balaban J connectivity index is 2.20. The molecule has 7 heteroatoms. The van der Waals surface area contributed by atoms with Gasteiger partial charge in [-0.2, -0.15) is 5.26 Å². The Labute approximate surface area is 129 Å². The van der Waals surface area contributed by atoms with Gasteiger partial charge in [-0.15, -0.1) is 0 Å². The Morgan fingerprint density at radius 2 is 2.33 bits per heavy atom. The Bertz CT molecular complexity index is 649. The minimum atomic E-state index is -3.15. The van der Waals surface area contributed by atoms with Crippen molar-refractivity contribution >= 4 is 21.4 Å². The third-order valence-electron chi connectivity index (χ3n) is 3.44. The van der Waals surface area contributed by atoms with Crippen molar-refractivity contribution in [3.8, 4) is 11.8 Å². The Morgan fingerprint density at radius 3 is 2.90 bits per heavy atom. The molecule has 0 saturated carbocycles. The van der Waals surface area contributed by atoms with E-state index < -0.39 is 15.9 Å². The summed E-state index contributed by atoms with van der Waals surface area (Å²) in [4.78, 5) is 0. The van der Waals surface area contributed by atoms with Crippen molar-refractivity contribution in [2.75, 3.05) is 25.1 Å². The van der Waals surface area contributed by atoms with Gasteiger partial charge in [0.25, 0.3) is 0 Å². The lowest BCUT2D eigenvalue weighted by Crippen LogP contribution is -2.35. The lowest BCUT2D eigenvalue weighted by Gasteiger charge is -2.23. The summed E-state index contributed by atoms with van der Waals surface area (Å²) in [7, 11) is -3.15. The summed E-state index contributed by atoms with van der Waals surface area (Å²) in [6, 6.07) is 6.76. The van der Waals surface area contributed by atoms with Gasteiger partial charge < -0.3 is 10.1 Å². The van der Waals surface area contributed by atoms with Crippen LogP contribution in [0.4, 0.5) is 0 Å². The van der Waals surface area contributed by atoms with Crippen LogP contribution in [0.5, 0.6) is 5.75 Å². The highest BCUT2D eigenvalue weighted by atomic mass is 35.5. The van der Waals surface area contributed by atoms with Crippen molar-refractivity contribution in [1.82, 2.24) is 5.32 Å². The van der Waals surface area contributed by atoms with E-state index in [4.69, 9.17) is 21.6 Å². The van der Waals surface area contributed by atoms with Gasteiger partial charge in [0.1, 0.15) is 17.9 Å². The van der Waals surface area contributed by atoms with Crippen molar-refractivity contribution in [2.24, 2.45) is 5.92 Å². The number of ether oxygens (including phenoxy) is 1. The molecule has 0 aliphatic carbocycles. The molecule has 1 N–H and O–H groups in total. The van der Waals surface area contributed by atoms with E-state index in [1.54, 1.807) is 18.2 Å². The average molecular weight is 329 g/mol. The normalized spacial score (nSPS) is 20.0. The number of rotatable bonds is 5. The van der Waals surface area contributed by atoms with Gasteiger partial charge in [0, 0.05) is 18.7 Å². The number of nitrogens with zero attached hydrogens (tertiary/aromatic N) is 1. The zero-order valence-electron chi connectivity index (χ0n) is 11.7. The summed E-state index contributed by atoms with van der Waals surface area (Å²) < 4.78 is 29.0. The number of hydrogen-bond acceptors (Lipinski definition) is 5. The van der Waals surface area contributed by atoms with Crippen molar-refractivity contribution in [2.45, 2.75) is 12.5 Å². The van der Waals surface area contributed by atoms with Crippen LogP contribution in [-0.4, -0.2) is 39.6 Å². The second-order valence-electron chi connectivity index (χ2n) is 5.26. The topological polar surface area (TPSA) is 79.2 Å². The van der Waals surface area contributed by atoms with Gasteiger partial charge in [0.15, 0.2) is 9.84 Å².